The SMILES string of the molecule is CSc1ccc(CC2CCCNC2)cc1O. The second-order valence-corrected chi connectivity index (χ2v) is 5.27. The summed E-state index contributed by atoms with van der Waals surface area (Å²) >= 11 is 1.59. The van der Waals surface area contributed by atoms with Gasteiger partial charge in [0.25, 0.3) is 0 Å². The lowest BCUT2D eigenvalue weighted by Crippen LogP contribution is -2.30. The van der Waals surface area contributed by atoms with Crippen molar-refractivity contribution in [3.8, 4) is 5.75 Å². The molecular weight excluding hydrogens is 218 g/mol. The third-order valence-corrected chi connectivity index (χ3v) is 3.95. The van der Waals surface area contributed by atoms with Crippen molar-refractivity contribution < 1.29 is 5.11 Å². The molecule has 16 heavy (non-hydrogen) atoms. The summed E-state index contributed by atoms with van der Waals surface area (Å²) in [4.78, 5) is 0.963. The quantitative estimate of drug-likeness (QED) is 0.793. The molecule has 1 saturated heterocycles. The van der Waals surface area contributed by atoms with Gasteiger partial charge in [-0.3, -0.25) is 0 Å². The van der Waals surface area contributed by atoms with E-state index in [1.165, 1.54) is 18.4 Å². The van der Waals surface area contributed by atoms with Crippen LogP contribution < -0.4 is 5.32 Å². The monoisotopic (exact) mass is 237 g/mol. The molecule has 1 unspecified atom stereocenters. The fourth-order valence-electron chi connectivity index (χ4n) is 2.29. The molecule has 2 N–H and O–H groups in total. The minimum Gasteiger partial charge on any atom is -0.507 e. The van der Waals surface area contributed by atoms with E-state index in [9.17, 15) is 5.11 Å². The summed E-state index contributed by atoms with van der Waals surface area (Å²) in [5.74, 6) is 1.15. The third kappa shape index (κ3) is 2.92. The molecule has 1 fully saturated rings. The van der Waals surface area contributed by atoms with Crippen molar-refractivity contribution in [3.63, 3.8) is 0 Å². The highest BCUT2D eigenvalue weighted by molar-refractivity contribution is 7.98. The molecule has 1 aromatic carbocycles. The Morgan fingerprint density at radius 1 is 1.50 bits per heavy atom. The molecule has 0 aromatic heterocycles. The molecule has 1 atom stereocenters. The smallest absolute Gasteiger partial charge is 0.129 e. The van der Waals surface area contributed by atoms with Gasteiger partial charge in [0.05, 0.1) is 0 Å². The van der Waals surface area contributed by atoms with Crippen molar-refractivity contribution in [2.45, 2.75) is 24.2 Å². The third-order valence-electron chi connectivity index (χ3n) is 3.17. The Balaban J connectivity index is 2.01. The molecule has 2 nitrogen and oxygen atoms in total. The molecule has 88 valence electrons. The van der Waals surface area contributed by atoms with Crippen molar-refractivity contribution in [2.24, 2.45) is 5.92 Å². The Hall–Kier alpha value is -0.670. The predicted molar refractivity (Wildman–Crippen MR) is 69.2 cm³/mol. The molecule has 0 spiro atoms. The van der Waals surface area contributed by atoms with Crippen LogP contribution in [0.5, 0.6) is 5.75 Å². The van der Waals surface area contributed by atoms with Gasteiger partial charge in [-0.25, -0.2) is 0 Å². The molecule has 1 aliphatic rings. The molecule has 1 aliphatic heterocycles. The molecule has 0 amide bonds. The van der Waals surface area contributed by atoms with Crippen LogP contribution >= 0.6 is 11.8 Å². The molecule has 0 aliphatic carbocycles. The number of rotatable bonds is 3. The zero-order chi connectivity index (χ0) is 11.4. The van der Waals surface area contributed by atoms with E-state index in [0.29, 0.717) is 5.75 Å². The lowest BCUT2D eigenvalue weighted by Gasteiger charge is -2.22. The summed E-state index contributed by atoms with van der Waals surface area (Å²) in [6, 6.07) is 6.08. The van der Waals surface area contributed by atoms with Crippen LogP contribution in [0.3, 0.4) is 0 Å². The van der Waals surface area contributed by atoms with E-state index in [-0.39, 0.29) is 0 Å². The Labute approximate surface area is 101 Å². The standard InChI is InChI=1S/C13H19NOS/c1-16-13-5-4-10(8-12(13)15)7-11-3-2-6-14-9-11/h4-5,8,11,14-15H,2-3,6-7,9H2,1H3. The zero-order valence-electron chi connectivity index (χ0n) is 9.70. The van der Waals surface area contributed by atoms with Gasteiger partial charge in [-0.15, -0.1) is 11.8 Å². The lowest BCUT2D eigenvalue weighted by molar-refractivity contribution is 0.375. The van der Waals surface area contributed by atoms with Crippen LogP contribution in [0.15, 0.2) is 23.1 Å². The minimum atomic E-state index is 0.425. The van der Waals surface area contributed by atoms with Crippen LogP contribution in [0.25, 0.3) is 0 Å². The summed E-state index contributed by atoms with van der Waals surface area (Å²) in [5, 5.41) is 13.2. The molecule has 0 saturated carbocycles. The van der Waals surface area contributed by atoms with Crippen LogP contribution in [-0.4, -0.2) is 24.5 Å². The molecular formula is C13H19NOS. The highest BCUT2D eigenvalue weighted by atomic mass is 32.2. The van der Waals surface area contributed by atoms with Crippen LogP contribution in [0.2, 0.25) is 0 Å². The molecule has 0 radical (unpaired) electrons. The van der Waals surface area contributed by atoms with E-state index in [4.69, 9.17) is 0 Å². The zero-order valence-corrected chi connectivity index (χ0v) is 10.5. The van der Waals surface area contributed by atoms with Gasteiger partial charge in [-0.1, -0.05) is 6.07 Å². The van der Waals surface area contributed by atoms with E-state index in [2.05, 4.69) is 11.4 Å². The maximum absolute atomic E-state index is 9.78. The number of phenolic OH excluding ortho intramolecular Hbond substituents is 1. The average Bonchev–Trinajstić information content (AvgIpc) is 2.31. The summed E-state index contributed by atoms with van der Waals surface area (Å²) < 4.78 is 0. The van der Waals surface area contributed by atoms with Gasteiger partial charge < -0.3 is 10.4 Å². The number of nitrogens with one attached hydrogen (secondary N) is 1. The van der Waals surface area contributed by atoms with E-state index >= 15 is 0 Å². The normalized spacial score (nSPS) is 20.9. The number of aromatic hydroxyl groups is 1. The maximum Gasteiger partial charge on any atom is 0.129 e. The predicted octanol–water partition coefficient (Wildman–Crippen LogP) is 2.66. The van der Waals surface area contributed by atoms with Gasteiger partial charge in [0.1, 0.15) is 5.75 Å². The molecule has 1 aromatic rings. The summed E-state index contributed by atoms with van der Waals surface area (Å²) in [7, 11) is 0. The number of phenols is 1. The van der Waals surface area contributed by atoms with Crippen LogP contribution in [0, 0.1) is 5.92 Å². The van der Waals surface area contributed by atoms with E-state index in [1.54, 1.807) is 11.8 Å². The number of piperidine rings is 1. The second kappa shape index (κ2) is 5.60. The first kappa shape index (κ1) is 11.8. The van der Waals surface area contributed by atoms with Gasteiger partial charge in [0.15, 0.2) is 0 Å². The Morgan fingerprint density at radius 2 is 2.38 bits per heavy atom. The van der Waals surface area contributed by atoms with Crippen molar-refractivity contribution in [2.75, 3.05) is 19.3 Å². The van der Waals surface area contributed by atoms with Crippen molar-refractivity contribution in [1.82, 2.24) is 5.32 Å². The van der Waals surface area contributed by atoms with Crippen LogP contribution in [0.1, 0.15) is 18.4 Å². The van der Waals surface area contributed by atoms with E-state index in [1.807, 2.05) is 18.4 Å². The first-order valence-electron chi connectivity index (χ1n) is 5.86. The Morgan fingerprint density at radius 3 is 3.00 bits per heavy atom. The fraction of sp³-hybridized carbons (Fsp3) is 0.538. The molecule has 0 bridgehead atoms. The second-order valence-electron chi connectivity index (χ2n) is 4.42. The van der Waals surface area contributed by atoms with Gasteiger partial charge in [-0.05, 0) is 62.2 Å². The van der Waals surface area contributed by atoms with E-state index in [0.717, 1.165) is 30.3 Å². The van der Waals surface area contributed by atoms with Crippen molar-refractivity contribution >= 4 is 11.8 Å². The van der Waals surface area contributed by atoms with Gasteiger partial charge in [-0.2, -0.15) is 0 Å². The largest absolute Gasteiger partial charge is 0.507 e. The van der Waals surface area contributed by atoms with Crippen LogP contribution in [0.4, 0.5) is 0 Å². The number of benzene rings is 1. The van der Waals surface area contributed by atoms with E-state index < -0.39 is 0 Å². The lowest BCUT2D eigenvalue weighted by atomic mass is 9.92. The molecule has 2 rings (SSSR count). The topological polar surface area (TPSA) is 32.3 Å². The summed E-state index contributed by atoms with van der Waals surface area (Å²) in [6.07, 6.45) is 5.65. The summed E-state index contributed by atoms with van der Waals surface area (Å²) in [6.45, 7) is 2.28. The van der Waals surface area contributed by atoms with Gasteiger partial charge >= 0.3 is 0 Å². The molecule has 1 heterocycles. The highest BCUT2D eigenvalue weighted by Gasteiger charge is 2.14. The summed E-state index contributed by atoms with van der Waals surface area (Å²) in [5.41, 5.74) is 1.25. The van der Waals surface area contributed by atoms with Gasteiger partial charge in [0.2, 0.25) is 0 Å². The van der Waals surface area contributed by atoms with Gasteiger partial charge in [0, 0.05) is 4.90 Å². The molecule has 3 heteroatoms. The minimum absolute atomic E-state index is 0.425. The Bertz CT molecular complexity index is 348. The van der Waals surface area contributed by atoms with Crippen molar-refractivity contribution in [1.29, 1.82) is 0 Å². The first-order valence-corrected chi connectivity index (χ1v) is 7.08. The number of hydrogen-bond acceptors (Lipinski definition) is 3. The number of thioether (sulfide) groups is 1. The first-order chi connectivity index (χ1) is 7.79. The highest BCUT2D eigenvalue weighted by Crippen LogP contribution is 2.28. The average molecular weight is 237 g/mol. The maximum atomic E-state index is 9.78. The van der Waals surface area contributed by atoms with Crippen LogP contribution in [-0.2, 0) is 6.42 Å². The Kier molecular flexibility index (Phi) is 4.13. The fourth-order valence-corrected chi connectivity index (χ4v) is 2.77. The van der Waals surface area contributed by atoms with Crippen molar-refractivity contribution in [3.05, 3.63) is 23.8 Å². The number of hydrogen-bond donors (Lipinski definition) is 2.